The highest BCUT2D eigenvalue weighted by Gasteiger charge is 2.22. The van der Waals surface area contributed by atoms with E-state index in [-0.39, 0.29) is 12.4 Å². The number of likely N-dealkylation sites (N-methyl/N-ethyl adjacent to an activating group) is 1. The number of carbonyl (C=O) groups is 2. The zero-order valence-corrected chi connectivity index (χ0v) is 22.4. The third-order valence-corrected chi connectivity index (χ3v) is 5.48. The molecule has 1 atom stereocenters. The predicted octanol–water partition coefficient (Wildman–Crippen LogP) is 5.89. The quantitative estimate of drug-likeness (QED) is 0.0843. The first-order valence-electron chi connectivity index (χ1n) is 13.4. The summed E-state index contributed by atoms with van der Waals surface area (Å²) in [5, 5.41) is 10.9. The van der Waals surface area contributed by atoms with Crippen LogP contribution < -0.4 is 5.11 Å². The van der Waals surface area contributed by atoms with Gasteiger partial charge in [-0.05, 0) is 38.5 Å². The molecule has 0 saturated heterocycles. The van der Waals surface area contributed by atoms with Gasteiger partial charge in [0, 0.05) is 18.8 Å². The Hall–Kier alpha value is -1.88. The summed E-state index contributed by atoms with van der Waals surface area (Å²) in [7, 11) is 5.84. The van der Waals surface area contributed by atoms with Crippen molar-refractivity contribution in [1.29, 1.82) is 0 Å². The molecule has 0 aliphatic carbocycles. The average molecular weight is 478 g/mol. The van der Waals surface area contributed by atoms with Gasteiger partial charge in [-0.1, -0.05) is 88.3 Å². The summed E-state index contributed by atoms with van der Waals surface area (Å²) in [6, 6.07) is 0. The molecule has 0 aromatic rings. The maximum absolute atomic E-state index is 12.1. The molecule has 0 aliphatic heterocycles. The van der Waals surface area contributed by atoms with Gasteiger partial charge in [0.2, 0.25) is 0 Å². The number of nitrogens with zero attached hydrogens (tertiary/aromatic N) is 1. The molecule has 0 saturated carbocycles. The van der Waals surface area contributed by atoms with E-state index in [1.165, 1.54) is 44.9 Å². The Morgan fingerprint density at radius 1 is 0.765 bits per heavy atom. The van der Waals surface area contributed by atoms with E-state index in [0.29, 0.717) is 17.4 Å². The van der Waals surface area contributed by atoms with Gasteiger partial charge in [0.05, 0.1) is 21.1 Å². The van der Waals surface area contributed by atoms with E-state index < -0.39 is 12.1 Å². The lowest BCUT2D eigenvalue weighted by molar-refractivity contribution is -0.873. The van der Waals surface area contributed by atoms with Gasteiger partial charge >= 0.3 is 5.97 Å². The molecule has 0 aliphatic rings. The molecule has 0 radical (unpaired) electrons. The van der Waals surface area contributed by atoms with Crippen LogP contribution in [0.2, 0.25) is 0 Å². The molecule has 1 unspecified atom stereocenters. The fourth-order valence-electron chi connectivity index (χ4n) is 3.78. The highest BCUT2D eigenvalue weighted by Crippen LogP contribution is 2.13. The lowest BCUT2D eigenvalue weighted by Gasteiger charge is -2.29. The number of carboxylic acids is 1. The van der Waals surface area contributed by atoms with E-state index in [2.05, 4.69) is 43.4 Å². The van der Waals surface area contributed by atoms with Crippen LogP contribution in [0.15, 0.2) is 36.5 Å². The van der Waals surface area contributed by atoms with Crippen molar-refractivity contribution in [2.45, 2.75) is 109 Å². The Bertz CT molecular complexity index is 602. The Morgan fingerprint density at radius 3 is 1.79 bits per heavy atom. The third-order valence-electron chi connectivity index (χ3n) is 5.48. The van der Waals surface area contributed by atoms with E-state index in [4.69, 9.17) is 4.74 Å². The molecule has 5 nitrogen and oxygen atoms in total. The second-order valence-corrected chi connectivity index (χ2v) is 10.2. The summed E-state index contributed by atoms with van der Waals surface area (Å²) in [5.74, 6) is -1.48. The molecule has 0 rings (SSSR count). The molecule has 0 amide bonds. The molecule has 196 valence electrons. The lowest BCUT2D eigenvalue weighted by Crippen LogP contribution is -2.45. The first kappa shape index (κ1) is 32.1. The van der Waals surface area contributed by atoms with Gasteiger partial charge in [0.25, 0.3) is 0 Å². The minimum atomic E-state index is -1.18. The van der Waals surface area contributed by atoms with Crippen molar-refractivity contribution in [3.8, 4) is 0 Å². The van der Waals surface area contributed by atoms with E-state index in [1.54, 1.807) is 0 Å². The molecule has 5 heteroatoms. The number of aliphatic carboxylic acids is 1. The number of rotatable bonds is 22. The van der Waals surface area contributed by atoms with Crippen LogP contribution in [0, 0.1) is 0 Å². The van der Waals surface area contributed by atoms with Gasteiger partial charge in [0.1, 0.15) is 6.54 Å². The zero-order valence-electron chi connectivity index (χ0n) is 22.4. The fourth-order valence-corrected chi connectivity index (χ4v) is 3.78. The SMILES string of the molecule is CC/C=C\C/C=C\C/C=C\CCCCCCCCCCCC(=O)OC(CC(=O)[O-])C[N+](C)(C)C. The molecule has 34 heavy (non-hydrogen) atoms. The molecule has 0 N–H and O–H groups in total. The summed E-state index contributed by atoms with van der Waals surface area (Å²) in [5.41, 5.74) is 0. The van der Waals surface area contributed by atoms with Crippen molar-refractivity contribution in [3.63, 3.8) is 0 Å². The van der Waals surface area contributed by atoms with E-state index in [1.807, 2.05) is 21.1 Å². The number of hydrogen-bond acceptors (Lipinski definition) is 4. The smallest absolute Gasteiger partial charge is 0.306 e. The normalized spacial score (nSPS) is 13.3. The summed E-state index contributed by atoms with van der Waals surface area (Å²) in [4.78, 5) is 23.0. The number of ether oxygens (including phenoxy) is 1. The van der Waals surface area contributed by atoms with Gasteiger partial charge in [-0.15, -0.1) is 0 Å². The molecule has 0 fully saturated rings. The van der Waals surface area contributed by atoms with Gasteiger partial charge < -0.3 is 19.1 Å². The number of carboxylic acid groups (broad SMARTS) is 1. The van der Waals surface area contributed by atoms with Crippen LogP contribution in [0.4, 0.5) is 0 Å². The molecular formula is C29H51NO4. The van der Waals surface area contributed by atoms with E-state index in [0.717, 1.165) is 38.5 Å². The van der Waals surface area contributed by atoms with Gasteiger partial charge in [-0.2, -0.15) is 0 Å². The maximum atomic E-state index is 12.1. The van der Waals surface area contributed by atoms with Crippen molar-refractivity contribution in [1.82, 2.24) is 0 Å². The number of esters is 1. The molecule has 0 spiro atoms. The summed E-state index contributed by atoms with van der Waals surface area (Å²) in [6.07, 6.45) is 27.9. The topological polar surface area (TPSA) is 66.4 Å². The molecular weight excluding hydrogens is 426 g/mol. The number of unbranched alkanes of at least 4 members (excludes halogenated alkanes) is 9. The van der Waals surface area contributed by atoms with Crippen LogP contribution in [0.1, 0.15) is 103 Å². The Morgan fingerprint density at radius 2 is 1.26 bits per heavy atom. The lowest BCUT2D eigenvalue weighted by atomic mass is 10.1. The summed E-state index contributed by atoms with van der Waals surface area (Å²) < 4.78 is 5.93. The Balaban J connectivity index is 3.59. The van der Waals surface area contributed by atoms with Crippen LogP contribution in [0.5, 0.6) is 0 Å². The highest BCUT2D eigenvalue weighted by molar-refractivity contribution is 5.70. The number of carbonyl (C=O) groups excluding carboxylic acids is 2. The van der Waals surface area contributed by atoms with Crippen molar-refractivity contribution in [2.75, 3.05) is 27.7 Å². The van der Waals surface area contributed by atoms with Crippen LogP contribution in [0.25, 0.3) is 0 Å². The first-order valence-corrected chi connectivity index (χ1v) is 13.4. The van der Waals surface area contributed by atoms with E-state index >= 15 is 0 Å². The summed E-state index contributed by atoms with van der Waals surface area (Å²) >= 11 is 0. The third kappa shape index (κ3) is 24.8. The van der Waals surface area contributed by atoms with E-state index in [9.17, 15) is 14.7 Å². The predicted molar refractivity (Wildman–Crippen MR) is 140 cm³/mol. The first-order chi connectivity index (χ1) is 16.2. The Labute approximate surface area is 209 Å². The van der Waals surface area contributed by atoms with Crippen molar-refractivity contribution < 1.29 is 23.9 Å². The van der Waals surface area contributed by atoms with Gasteiger partial charge in [0.15, 0.2) is 6.10 Å². The number of quaternary nitrogens is 1. The maximum Gasteiger partial charge on any atom is 0.306 e. The molecule has 0 bridgehead atoms. The van der Waals surface area contributed by atoms with Crippen molar-refractivity contribution in [2.24, 2.45) is 0 Å². The minimum Gasteiger partial charge on any atom is -0.550 e. The average Bonchev–Trinajstić information content (AvgIpc) is 2.73. The Kier molecular flexibility index (Phi) is 20.4. The number of allylic oxidation sites excluding steroid dienone is 6. The second kappa shape index (κ2) is 21.6. The zero-order chi connectivity index (χ0) is 25.5. The van der Waals surface area contributed by atoms with Crippen LogP contribution in [0.3, 0.4) is 0 Å². The largest absolute Gasteiger partial charge is 0.550 e. The summed E-state index contributed by atoms with van der Waals surface area (Å²) in [6.45, 7) is 2.62. The van der Waals surface area contributed by atoms with Gasteiger partial charge in [-0.25, -0.2) is 0 Å². The number of hydrogen-bond donors (Lipinski definition) is 0. The fraction of sp³-hybridized carbons (Fsp3) is 0.724. The second-order valence-electron chi connectivity index (χ2n) is 10.2. The van der Waals surface area contributed by atoms with Crippen LogP contribution >= 0.6 is 0 Å². The monoisotopic (exact) mass is 477 g/mol. The van der Waals surface area contributed by atoms with Crippen molar-refractivity contribution in [3.05, 3.63) is 36.5 Å². The van der Waals surface area contributed by atoms with Crippen LogP contribution in [-0.2, 0) is 14.3 Å². The van der Waals surface area contributed by atoms with Crippen LogP contribution in [-0.4, -0.2) is 50.2 Å². The highest BCUT2D eigenvalue weighted by atomic mass is 16.5. The molecule has 0 aromatic heterocycles. The molecule has 0 heterocycles. The van der Waals surface area contributed by atoms with Crippen molar-refractivity contribution >= 4 is 11.9 Å². The standard InChI is InChI=1S/C29H51NO4/c1-5-6-7-8-9-10-11-12-13-14-15-16-17-18-19-20-21-22-23-24-29(33)34-27(25-28(31)32)26-30(2,3)4/h6-7,9-10,12-13,27H,5,8,11,14-26H2,1-4H3/b7-6-,10-9-,13-12-. The van der Waals surface area contributed by atoms with Gasteiger partial charge in [-0.3, -0.25) is 4.79 Å². The minimum absolute atomic E-state index is 0.244. The molecule has 0 aromatic carbocycles.